The molecular weight excluding hydrogens is 500 g/mol. The molecule has 0 radical (unpaired) electrons. The maximum absolute atomic E-state index is 12.5. The zero-order chi connectivity index (χ0) is 26.5. The molecule has 194 valence electrons. The van der Waals surface area contributed by atoms with Gasteiger partial charge in [0.05, 0.1) is 24.7 Å². The van der Waals surface area contributed by atoms with Crippen LogP contribution in [0.1, 0.15) is 29.3 Å². The maximum Gasteiger partial charge on any atom is 0.249 e. The first-order valence-corrected chi connectivity index (χ1v) is 13.4. The number of nitrogens with zero attached hydrogens (tertiary/aromatic N) is 4. The Bertz CT molecular complexity index is 1410. The molecule has 5 rings (SSSR count). The highest BCUT2D eigenvalue weighted by Crippen LogP contribution is 2.27. The molecule has 2 amide bonds. The fourth-order valence-corrected chi connectivity index (χ4v) is 5.47. The molecule has 2 fully saturated rings. The normalized spacial score (nSPS) is 18.5. The second kappa shape index (κ2) is 11.6. The minimum Gasteiger partial charge on any atom is -0.375 e. The Hall–Kier alpha value is -3.91. The van der Waals surface area contributed by atoms with Crippen molar-refractivity contribution in [2.45, 2.75) is 38.3 Å². The fraction of sp³-hybridized carbons (Fsp3) is 0.321. The number of amides is 2. The van der Waals surface area contributed by atoms with E-state index in [2.05, 4.69) is 31.6 Å². The number of anilines is 2. The van der Waals surface area contributed by atoms with Gasteiger partial charge in [-0.05, 0) is 30.0 Å². The number of nitriles is 1. The molecule has 2 unspecified atom stereocenters. The van der Waals surface area contributed by atoms with E-state index in [1.807, 2.05) is 37.3 Å². The van der Waals surface area contributed by atoms with Gasteiger partial charge in [0.15, 0.2) is 10.9 Å². The number of morpholine rings is 1. The van der Waals surface area contributed by atoms with Crippen LogP contribution in [0.2, 0.25) is 0 Å². The number of aromatic nitrogens is 2. The number of carbonyl (C=O) groups is 2. The molecule has 9 nitrogen and oxygen atoms in total. The van der Waals surface area contributed by atoms with Crippen LogP contribution in [0, 0.1) is 11.3 Å². The molecule has 2 bridgehead atoms. The molecule has 2 aliphatic heterocycles. The summed E-state index contributed by atoms with van der Waals surface area (Å²) in [7, 11) is 0. The number of benzene rings is 1. The number of likely N-dealkylation sites (tertiary alicyclic amines) is 1. The van der Waals surface area contributed by atoms with Crippen LogP contribution in [0.3, 0.4) is 0 Å². The Morgan fingerprint density at radius 1 is 1.24 bits per heavy atom. The molecule has 2 N–H and O–H groups in total. The van der Waals surface area contributed by atoms with Gasteiger partial charge in [-0.1, -0.05) is 37.3 Å². The van der Waals surface area contributed by atoms with Gasteiger partial charge >= 0.3 is 0 Å². The number of fused-ring (bicyclic) bond motifs is 2. The minimum atomic E-state index is -0.332. The molecule has 3 aromatic rings. The van der Waals surface area contributed by atoms with Crippen LogP contribution >= 0.6 is 11.3 Å². The standard InChI is InChI=1S/C28H28N6O3S/c1-2-24-15-31-28(38-24)33-26(36)10-18-5-3-6-19(9-18)21-11-20(13-29)27(30-14-21)32-25(35)7-4-8-34-16-23-12-22(34)17-37-23/h3-7,9,11,14-15,22-23H,2,8,10,12,16-17H2,1H3,(H,30,32,35)(H,31,33,36)/b7-4+. The van der Waals surface area contributed by atoms with Gasteiger partial charge in [-0.2, -0.15) is 5.26 Å². The number of nitrogens with one attached hydrogen (secondary N) is 2. The fourth-order valence-electron chi connectivity index (χ4n) is 4.70. The highest BCUT2D eigenvalue weighted by atomic mass is 32.1. The molecule has 0 aliphatic carbocycles. The van der Waals surface area contributed by atoms with Crippen LogP contribution in [-0.4, -0.2) is 58.5 Å². The summed E-state index contributed by atoms with van der Waals surface area (Å²) in [6.45, 7) is 4.39. The van der Waals surface area contributed by atoms with Crippen LogP contribution in [-0.2, 0) is 27.2 Å². The van der Waals surface area contributed by atoms with Gasteiger partial charge < -0.3 is 15.4 Å². The zero-order valence-corrected chi connectivity index (χ0v) is 21.8. The molecule has 0 spiro atoms. The van der Waals surface area contributed by atoms with E-state index in [-0.39, 0.29) is 29.6 Å². The van der Waals surface area contributed by atoms with Crippen LogP contribution in [0.4, 0.5) is 10.9 Å². The summed E-state index contributed by atoms with van der Waals surface area (Å²) in [4.78, 5) is 36.9. The van der Waals surface area contributed by atoms with Gasteiger partial charge in [0, 0.05) is 48.0 Å². The summed E-state index contributed by atoms with van der Waals surface area (Å²) < 4.78 is 5.60. The smallest absolute Gasteiger partial charge is 0.249 e. The van der Waals surface area contributed by atoms with Crippen LogP contribution in [0.5, 0.6) is 0 Å². The Labute approximate surface area is 225 Å². The second-order valence-electron chi connectivity index (χ2n) is 9.33. The molecule has 2 aliphatic rings. The van der Waals surface area contributed by atoms with E-state index in [1.54, 1.807) is 18.5 Å². The quantitative estimate of drug-likeness (QED) is 0.406. The van der Waals surface area contributed by atoms with E-state index in [0.717, 1.165) is 47.6 Å². The Morgan fingerprint density at radius 2 is 2.13 bits per heavy atom. The lowest BCUT2D eigenvalue weighted by atomic mass is 10.0. The molecule has 4 heterocycles. The zero-order valence-electron chi connectivity index (χ0n) is 21.0. The van der Waals surface area contributed by atoms with Crippen molar-refractivity contribution in [1.82, 2.24) is 14.9 Å². The Balaban J connectivity index is 1.20. The summed E-state index contributed by atoms with van der Waals surface area (Å²) in [5.74, 6) is -0.265. The lowest BCUT2D eigenvalue weighted by Gasteiger charge is -2.24. The highest BCUT2D eigenvalue weighted by molar-refractivity contribution is 7.15. The molecular formula is C28H28N6O3S. The number of hydrogen-bond donors (Lipinski definition) is 2. The van der Waals surface area contributed by atoms with Crippen LogP contribution < -0.4 is 10.6 Å². The Morgan fingerprint density at radius 3 is 2.87 bits per heavy atom. The largest absolute Gasteiger partial charge is 0.375 e. The molecule has 10 heteroatoms. The molecule has 2 aromatic heterocycles. The first-order valence-electron chi connectivity index (χ1n) is 12.6. The van der Waals surface area contributed by atoms with Gasteiger partial charge in [-0.3, -0.25) is 14.5 Å². The summed E-state index contributed by atoms with van der Waals surface area (Å²) in [5.41, 5.74) is 2.63. The predicted octanol–water partition coefficient (Wildman–Crippen LogP) is 3.79. The van der Waals surface area contributed by atoms with Gasteiger partial charge in [0.2, 0.25) is 11.8 Å². The van der Waals surface area contributed by atoms with Crippen LogP contribution in [0.25, 0.3) is 11.1 Å². The first-order chi connectivity index (χ1) is 18.5. The van der Waals surface area contributed by atoms with Crippen molar-refractivity contribution in [2.24, 2.45) is 0 Å². The SMILES string of the molecule is CCc1cnc(NC(=O)Cc2cccc(-c3cnc(NC(=O)/C=C/CN4CC5CC4CO5)c(C#N)c3)c2)s1. The van der Waals surface area contributed by atoms with Crippen molar-refractivity contribution in [3.05, 3.63) is 70.9 Å². The van der Waals surface area contributed by atoms with Crippen LogP contribution in [0.15, 0.2) is 54.9 Å². The summed E-state index contributed by atoms with van der Waals surface area (Å²) in [6, 6.07) is 11.8. The van der Waals surface area contributed by atoms with E-state index < -0.39 is 0 Å². The van der Waals surface area contributed by atoms with E-state index in [0.29, 0.717) is 23.8 Å². The number of aryl methyl sites for hydroxylation is 1. The lowest BCUT2D eigenvalue weighted by molar-refractivity contribution is -0.115. The van der Waals surface area contributed by atoms with E-state index in [9.17, 15) is 14.9 Å². The summed E-state index contributed by atoms with van der Waals surface area (Å²) in [6.07, 6.45) is 9.15. The molecule has 0 saturated carbocycles. The average Bonchev–Trinajstić information content (AvgIpc) is 3.67. The Kier molecular flexibility index (Phi) is 7.89. The van der Waals surface area contributed by atoms with E-state index in [1.165, 1.54) is 17.4 Å². The minimum absolute atomic E-state index is 0.147. The van der Waals surface area contributed by atoms with Crippen molar-refractivity contribution < 1.29 is 14.3 Å². The summed E-state index contributed by atoms with van der Waals surface area (Å²) >= 11 is 1.47. The third kappa shape index (κ3) is 6.14. The average molecular weight is 529 g/mol. The third-order valence-electron chi connectivity index (χ3n) is 6.65. The van der Waals surface area contributed by atoms with Gasteiger partial charge in [-0.15, -0.1) is 11.3 Å². The summed E-state index contributed by atoms with van der Waals surface area (Å²) in [5, 5.41) is 15.8. The van der Waals surface area contributed by atoms with Crippen molar-refractivity contribution in [3.8, 4) is 17.2 Å². The van der Waals surface area contributed by atoms with Crippen molar-refractivity contribution in [1.29, 1.82) is 5.26 Å². The van der Waals surface area contributed by atoms with Crippen molar-refractivity contribution >= 4 is 34.1 Å². The lowest BCUT2D eigenvalue weighted by Crippen LogP contribution is -2.36. The van der Waals surface area contributed by atoms with Gasteiger partial charge in [0.1, 0.15) is 6.07 Å². The number of rotatable bonds is 9. The third-order valence-corrected chi connectivity index (χ3v) is 7.70. The highest BCUT2D eigenvalue weighted by Gasteiger charge is 2.38. The second-order valence-corrected chi connectivity index (χ2v) is 10.4. The van der Waals surface area contributed by atoms with Gasteiger partial charge in [-0.25, -0.2) is 9.97 Å². The van der Waals surface area contributed by atoms with Crippen molar-refractivity contribution in [3.63, 3.8) is 0 Å². The topological polar surface area (TPSA) is 120 Å². The molecule has 2 atom stereocenters. The van der Waals surface area contributed by atoms with Gasteiger partial charge in [0.25, 0.3) is 0 Å². The molecule has 1 aromatic carbocycles. The number of thiazole rings is 1. The number of pyridine rings is 1. The number of carbonyl (C=O) groups excluding carboxylic acids is 2. The predicted molar refractivity (Wildman–Crippen MR) is 146 cm³/mol. The van der Waals surface area contributed by atoms with E-state index in [4.69, 9.17) is 4.74 Å². The first kappa shape index (κ1) is 25.7. The monoisotopic (exact) mass is 528 g/mol. The van der Waals surface area contributed by atoms with E-state index >= 15 is 0 Å². The maximum atomic E-state index is 12.5. The number of ether oxygens (including phenoxy) is 1. The molecule has 2 saturated heterocycles. The van der Waals surface area contributed by atoms with Crippen molar-refractivity contribution in [2.75, 3.05) is 30.3 Å². The molecule has 38 heavy (non-hydrogen) atoms. The number of hydrogen-bond acceptors (Lipinski definition) is 8.